The van der Waals surface area contributed by atoms with Gasteiger partial charge in [0, 0.05) is 30.7 Å². The van der Waals surface area contributed by atoms with Crippen LogP contribution in [0.1, 0.15) is 11.6 Å². The molecule has 1 heterocycles. The first-order chi connectivity index (χ1) is 8.11. The van der Waals surface area contributed by atoms with Crippen LogP contribution in [0.4, 0.5) is 0 Å². The predicted octanol–water partition coefficient (Wildman–Crippen LogP) is 0.377. The number of benzene rings is 1. The Balaban J connectivity index is 2.17. The van der Waals surface area contributed by atoms with Crippen molar-refractivity contribution in [2.75, 3.05) is 19.6 Å². The first-order valence-corrected chi connectivity index (χ1v) is 6.05. The van der Waals surface area contributed by atoms with Crippen molar-refractivity contribution in [1.29, 1.82) is 0 Å². The van der Waals surface area contributed by atoms with Crippen LogP contribution in [-0.2, 0) is 0 Å². The number of aliphatic hydroxyl groups excluding tert-OH is 2. The van der Waals surface area contributed by atoms with Gasteiger partial charge in [0.15, 0.2) is 0 Å². The summed E-state index contributed by atoms with van der Waals surface area (Å²) >= 11 is 5.95. The number of nitrogens with zero attached hydrogens (tertiary/aromatic N) is 1. The van der Waals surface area contributed by atoms with Gasteiger partial charge in [-0.3, -0.25) is 4.90 Å². The molecule has 0 bridgehead atoms. The van der Waals surface area contributed by atoms with Gasteiger partial charge in [-0.05, 0) is 17.7 Å². The Morgan fingerprint density at radius 3 is 2.53 bits per heavy atom. The second kappa shape index (κ2) is 5.33. The number of likely N-dealkylation sites (tertiary alicyclic amines) is 1. The molecule has 1 aliphatic rings. The van der Waals surface area contributed by atoms with Gasteiger partial charge in [-0.15, -0.1) is 0 Å². The smallest absolute Gasteiger partial charge is 0.0938 e. The molecule has 3 unspecified atom stereocenters. The minimum absolute atomic E-state index is 0.0134. The summed E-state index contributed by atoms with van der Waals surface area (Å²) in [7, 11) is 0. The lowest BCUT2D eigenvalue weighted by Crippen LogP contribution is -2.32. The van der Waals surface area contributed by atoms with E-state index in [-0.39, 0.29) is 6.04 Å². The number of hydrogen-bond donors (Lipinski definition) is 3. The highest BCUT2D eigenvalue weighted by Crippen LogP contribution is 2.26. The number of β-amino-alcohol motifs (C(OH)–C–C–N with tert-alkyl or cyclic N) is 2. The highest BCUT2D eigenvalue weighted by Gasteiger charge is 2.33. The van der Waals surface area contributed by atoms with Crippen LogP contribution in [-0.4, -0.2) is 47.0 Å². The van der Waals surface area contributed by atoms with E-state index in [4.69, 9.17) is 17.3 Å². The molecule has 0 radical (unpaired) electrons. The molecule has 4 N–H and O–H groups in total. The third-order valence-electron chi connectivity index (χ3n) is 3.18. The fraction of sp³-hybridized carbons (Fsp3) is 0.500. The van der Waals surface area contributed by atoms with Crippen molar-refractivity contribution in [2.45, 2.75) is 18.2 Å². The molecule has 1 aromatic rings. The van der Waals surface area contributed by atoms with E-state index >= 15 is 0 Å². The highest BCUT2D eigenvalue weighted by molar-refractivity contribution is 6.30. The third kappa shape index (κ3) is 2.78. The van der Waals surface area contributed by atoms with E-state index < -0.39 is 12.2 Å². The van der Waals surface area contributed by atoms with Gasteiger partial charge in [-0.2, -0.15) is 0 Å². The molecule has 5 heteroatoms. The van der Waals surface area contributed by atoms with Gasteiger partial charge in [0.05, 0.1) is 12.2 Å². The summed E-state index contributed by atoms with van der Waals surface area (Å²) < 4.78 is 0. The maximum absolute atomic E-state index is 9.56. The van der Waals surface area contributed by atoms with E-state index in [1.807, 2.05) is 29.2 Å². The van der Waals surface area contributed by atoms with E-state index in [0.29, 0.717) is 24.7 Å². The van der Waals surface area contributed by atoms with Crippen LogP contribution in [0, 0.1) is 0 Å². The minimum Gasteiger partial charge on any atom is -0.389 e. The molecule has 0 amide bonds. The number of aliphatic hydroxyl groups is 2. The number of halogens is 1. The maximum atomic E-state index is 9.56. The van der Waals surface area contributed by atoms with E-state index in [1.165, 1.54) is 0 Å². The predicted molar refractivity (Wildman–Crippen MR) is 66.8 cm³/mol. The summed E-state index contributed by atoms with van der Waals surface area (Å²) in [5.41, 5.74) is 6.79. The molecule has 0 spiro atoms. The maximum Gasteiger partial charge on any atom is 0.0938 e. The fourth-order valence-electron chi connectivity index (χ4n) is 2.26. The molecule has 1 saturated heterocycles. The van der Waals surface area contributed by atoms with Crippen LogP contribution in [0.5, 0.6) is 0 Å². The summed E-state index contributed by atoms with van der Waals surface area (Å²) in [4.78, 5) is 1.99. The zero-order valence-corrected chi connectivity index (χ0v) is 10.2. The van der Waals surface area contributed by atoms with Crippen LogP contribution in [0.25, 0.3) is 0 Å². The van der Waals surface area contributed by atoms with Crippen molar-refractivity contribution in [1.82, 2.24) is 4.90 Å². The van der Waals surface area contributed by atoms with Crippen LogP contribution in [0.3, 0.4) is 0 Å². The van der Waals surface area contributed by atoms with E-state index in [9.17, 15) is 10.2 Å². The topological polar surface area (TPSA) is 69.7 Å². The normalized spacial score (nSPS) is 27.3. The lowest BCUT2D eigenvalue weighted by atomic mass is 10.1. The average molecular weight is 257 g/mol. The van der Waals surface area contributed by atoms with E-state index in [0.717, 1.165) is 5.56 Å². The molecule has 94 valence electrons. The fourth-order valence-corrected chi connectivity index (χ4v) is 2.46. The third-order valence-corrected chi connectivity index (χ3v) is 3.42. The molecule has 17 heavy (non-hydrogen) atoms. The van der Waals surface area contributed by atoms with Crippen molar-refractivity contribution in [2.24, 2.45) is 5.73 Å². The van der Waals surface area contributed by atoms with Gasteiger partial charge in [0.2, 0.25) is 0 Å². The monoisotopic (exact) mass is 256 g/mol. The summed E-state index contributed by atoms with van der Waals surface area (Å²) in [6, 6.07) is 7.51. The highest BCUT2D eigenvalue weighted by atomic mass is 35.5. The van der Waals surface area contributed by atoms with Crippen LogP contribution in [0.2, 0.25) is 5.02 Å². The summed E-state index contributed by atoms with van der Waals surface area (Å²) in [6.07, 6.45) is -1.38. The van der Waals surface area contributed by atoms with Crippen LogP contribution in [0.15, 0.2) is 24.3 Å². The molecule has 2 rings (SSSR count). The molecule has 0 aromatic heterocycles. The summed E-state index contributed by atoms with van der Waals surface area (Å²) in [5.74, 6) is 0. The number of nitrogens with two attached hydrogens (primary N) is 1. The van der Waals surface area contributed by atoms with Crippen LogP contribution < -0.4 is 5.73 Å². The Labute approximate surface area is 106 Å². The SMILES string of the molecule is NCC(c1cccc(Cl)c1)N1CC(O)C(O)C1. The quantitative estimate of drug-likeness (QED) is 0.731. The van der Waals surface area contributed by atoms with Crippen molar-refractivity contribution in [3.63, 3.8) is 0 Å². The molecule has 1 fully saturated rings. The van der Waals surface area contributed by atoms with E-state index in [2.05, 4.69) is 0 Å². The second-order valence-electron chi connectivity index (χ2n) is 4.40. The summed E-state index contributed by atoms with van der Waals surface area (Å²) in [6.45, 7) is 1.31. The number of hydrogen-bond acceptors (Lipinski definition) is 4. The van der Waals surface area contributed by atoms with Gasteiger partial charge in [-0.1, -0.05) is 23.7 Å². The summed E-state index contributed by atoms with van der Waals surface area (Å²) in [5, 5.41) is 19.8. The Morgan fingerprint density at radius 2 is 2.00 bits per heavy atom. The van der Waals surface area contributed by atoms with Crippen molar-refractivity contribution < 1.29 is 10.2 Å². The minimum atomic E-state index is -0.691. The van der Waals surface area contributed by atoms with Crippen molar-refractivity contribution in [3.05, 3.63) is 34.9 Å². The molecular formula is C12H17ClN2O2. The zero-order chi connectivity index (χ0) is 12.4. The average Bonchev–Trinajstić information content (AvgIpc) is 2.60. The Hall–Kier alpha value is -0.650. The second-order valence-corrected chi connectivity index (χ2v) is 4.83. The van der Waals surface area contributed by atoms with Gasteiger partial charge in [0.1, 0.15) is 0 Å². The molecule has 1 aromatic carbocycles. The first kappa shape index (κ1) is 12.8. The van der Waals surface area contributed by atoms with Gasteiger partial charge in [0.25, 0.3) is 0 Å². The lowest BCUT2D eigenvalue weighted by Gasteiger charge is -2.26. The van der Waals surface area contributed by atoms with Crippen molar-refractivity contribution >= 4 is 11.6 Å². The number of rotatable bonds is 3. The molecular weight excluding hydrogens is 240 g/mol. The molecule has 0 aliphatic carbocycles. The molecule has 3 atom stereocenters. The van der Waals surface area contributed by atoms with Gasteiger partial charge in [-0.25, -0.2) is 0 Å². The molecule has 4 nitrogen and oxygen atoms in total. The van der Waals surface area contributed by atoms with Crippen molar-refractivity contribution in [3.8, 4) is 0 Å². The van der Waals surface area contributed by atoms with Gasteiger partial charge < -0.3 is 15.9 Å². The Kier molecular flexibility index (Phi) is 4.01. The first-order valence-electron chi connectivity index (χ1n) is 5.67. The molecule has 1 aliphatic heterocycles. The Morgan fingerprint density at radius 1 is 1.35 bits per heavy atom. The van der Waals surface area contributed by atoms with Gasteiger partial charge >= 0.3 is 0 Å². The zero-order valence-electron chi connectivity index (χ0n) is 9.46. The lowest BCUT2D eigenvalue weighted by molar-refractivity contribution is 0.0572. The Bertz CT molecular complexity index is 379. The van der Waals surface area contributed by atoms with Crippen LogP contribution >= 0.6 is 11.6 Å². The molecule has 0 saturated carbocycles. The van der Waals surface area contributed by atoms with E-state index in [1.54, 1.807) is 0 Å². The standard InChI is InChI=1S/C12H17ClN2O2/c13-9-3-1-2-8(4-9)10(5-14)15-6-11(16)12(17)7-15/h1-4,10-12,16-17H,5-7,14H2. The largest absolute Gasteiger partial charge is 0.389 e.